The summed E-state index contributed by atoms with van der Waals surface area (Å²) < 4.78 is 6.11. The minimum absolute atomic E-state index is 0.132. The van der Waals surface area contributed by atoms with E-state index in [0.29, 0.717) is 22.3 Å². The van der Waals surface area contributed by atoms with Crippen LogP contribution in [-0.4, -0.2) is 37.2 Å². The highest BCUT2D eigenvalue weighted by molar-refractivity contribution is 8.26. The molecule has 1 unspecified atom stereocenters. The molecule has 1 atom stereocenters. The summed E-state index contributed by atoms with van der Waals surface area (Å²) in [5.41, 5.74) is 3.44. The number of benzene rings is 3. The minimum Gasteiger partial charge on any atom is -0.489 e. The molecule has 6 nitrogen and oxygen atoms in total. The van der Waals surface area contributed by atoms with Crippen LogP contribution >= 0.6 is 35.6 Å². The third-order valence-electron chi connectivity index (χ3n) is 5.98. The van der Waals surface area contributed by atoms with Crippen molar-refractivity contribution in [3.8, 4) is 5.75 Å². The second-order valence-electron chi connectivity index (χ2n) is 8.46. The van der Waals surface area contributed by atoms with Gasteiger partial charge in [0.15, 0.2) is 0 Å². The summed E-state index contributed by atoms with van der Waals surface area (Å²) in [6, 6.07) is 21.3. The number of nitrogens with one attached hydrogen (secondary N) is 1. The number of hydrogen-bond acceptors (Lipinski definition) is 5. The molecule has 0 saturated carbocycles. The molecule has 1 aliphatic heterocycles. The van der Waals surface area contributed by atoms with Gasteiger partial charge in [-0.1, -0.05) is 78.0 Å². The van der Waals surface area contributed by atoms with Gasteiger partial charge in [0.25, 0.3) is 5.91 Å². The molecule has 9 heteroatoms. The number of carboxylic acid groups (broad SMARTS) is 1. The largest absolute Gasteiger partial charge is 0.489 e. The van der Waals surface area contributed by atoms with Gasteiger partial charge in [-0.2, -0.15) is 0 Å². The lowest BCUT2D eigenvalue weighted by Gasteiger charge is -2.23. The molecule has 37 heavy (non-hydrogen) atoms. The molecule has 0 radical (unpaired) electrons. The number of amides is 1. The van der Waals surface area contributed by atoms with E-state index < -0.39 is 17.9 Å². The lowest BCUT2D eigenvalue weighted by atomic mass is 10.0. The highest BCUT2D eigenvalue weighted by Crippen LogP contribution is 2.35. The number of halogens is 1. The van der Waals surface area contributed by atoms with Crippen molar-refractivity contribution in [3.63, 3.8) is 0 Å². The van der Waals surface area contributed by atoms with Crippen LogP contribution in [0.25, 0.3) is 17.0 Å². The van der Waals surface area contributed by atoms with Crippen LogP contribution in [0.3, 0.4) is 0 Å². The van der Waals surface area contributed by atoms with Gasteiger partial charge >= 0.3 is 5.97 Å². The Morgan fingerprint density at radius 2 is 1.92 bits per heavy atom. The number of rotatable bonds is 8. The van der Waals surface area contributed by atoms with Crippen LogP contribution in [0.2, 0.25) is 5.02 Å². The van der Waals surface area contributed by atoms with Crippen LogP contribution in [0.15, 0.2) is 83.9 Å². The van der Waals surface area contributed by atoms with Gasteiger partial charge in [-0.15, -0.1) is 0 Å². The molecule has 3 aromatic carbocycles. The van der Waals surface area contributed by atoms with Crippen molar-refractivity contribution in [2.45, 2.75) is 19.1 Å². The smallest absolute Gasteiger partial charge is 0.327 e. The number of aromatic amines is 1. The Hall–Kier alpha value is -3.59. The average molecular weight is 549 g/mol. The van der Waals surface area contributed by atoms with Gasteiger partial charge in [-0.25, -0.2) is 4.79 Å². The minimum atomic E-state index is -1.12. The molecular formula is C28H21ClN2O4S2. The monoisotopic (exact) mass is 548 g/mol. The Morgan fingerprint density at radius 3 is 2.70 bits per heavy atom. The molecule has 0 spiro atoms. The zero-order valence-corrected chi connectivity index (χ0v) is 21.8. The maximum absolute atomic E-state index is 13.3. The van der Waals surface area contributed by atoms with Crippen molar-refractivity contribution in [2.75, 3.05) is 0 Å². The molecular weight excluding hydrogens is 528 g/mol. The fraction of sp³-hybridized carbons (Fsp3) is 0.107. The number of fused-ring (bicyclic) bond motifs is 1. The molecule has 1 amide bonds. The predicted molar refractivity (Wildman–Crippen MR) is 151 cm³/mol. The number of ether oxygens (including phenoxy) is 1. The second kappa shape index (κ2) is 10.8. The van der Waals surface area contributed by atoms with Crippen molar-refractivity contribution in [1.82, 2.24) is 9.88 Å². The van der Waals surface area contributed by atoms with E-state index in [9.17, 15) is 14.7 Å². The molecule has 5 rings (SSSR count). The van der Waals surface area contributed by atoms with E-state index >= 15 is 0 Å². The fourth-order valence-electron chi connectivity index (χ4n) is 4.14. The third kappa shape index (κ3) is 5.56. The first kappa shape index (κ1) is 25.1. The number of H-pyrrole nitrogens is 1. The number of hydrogen-bond donors (Lipinski definition) is 2. The van der Waals surface area contributed by atoms with E-state index in [0.717, 1.165) is 39.4 Å². The highest BCUT2D eigenvalue weighted by atomic mass is 35.5. The topological polar surface area (TPSA) is 82.6 Å². The van der Waals surface area contributed by atoms with Crippen molar-refractivity contribution in [3.05, 3.63) is 106 Å². The fourth-order valence-corrected chi connectivity index (χ4v) is 5.62. The summed E-state index contributed by atoms with van der Waals surface area (Å²) in [5.74, 6) is -0.892. The standard InChI is InChI=1S/C28H21ClN2O4S2/c29-20-10-8-17(9-11-20)16-35-21-5-3-4-18(12-21)13-25-26(32)31(28(36)37-25)24(27(33)34)14-19-15-30-23-7-2-1-6-22(19)23/h1-13,15,24,30H,14,16H2,(H,33,34)/b25-13-. The van der Waals surface area contributed by atoms with Gasteiger partial charge in [0.2, 0.25) is 0 Å². The molecule has 1 aliphatic rings. The average Bonchev–Trinajstić information content (AvgIpc) is 3.42. The summed E-state index contributed by atoms with van der Waals surface area (Å²) in [5, 5.41) is 11.6. The van der Waals surface area contributed by atoms with Gasteiger partial charge in [-0.05, 0) is 53.1 Å². The van der Waals surface area contributed by atoms with Gasteiger partial charge in [0, 0.05) is 28.5 Å². The zero-order valence-electron chi connectivity index (χ0n) is 19.4. The number of aliphatic carboxylic acids is 1. The lowest BCUT2D eigenvalue weighted by Crippen LogP contribution is -2.45. The van der Waals surface area contributed by atoms with E-state index in [4.69, 9.17) is 28.6 Å². The van der Waals surface area contributed by atoms with E-state index in [1.54, 1.807) is 12.3 Å². The van der Waals surface area contributed by atoms with E-state index in [2.05, 4.69) is 4.98 Å². The van der Waals surface area contributed by atoms with E-state index in [-0.39, 0.29) is 10.7 Å². The first-order valence-corrected chi connectivity index (χ1v) is 13.0. The molecule has 186 valence electrons. The summed E-state index contributed by atoms with van der Waals surface area (Å²) in [6.07, 6.45) is 3.62. The summed E-state index contributed by atoms with van der Waals surface area (Å²) in [7, 11) is 0. The van der Waals surface area contributed by atoms with Gasteiger partial charge in [0.05, 0.1) is 4.91 Å². The Kier molecular flexibility index (Phi) is 7.32. The number of thiocarbonyl (C=S) groups is 1. The molecule has 1 saturated heterocycles. The van der Waals surface area contributed by atoms with Crippen molar-refractivity contribution in [1.29, 1.82) is 0 Å². The summed E-state index contributed by atoms with van der Waals surface area (Å²) in [6.45, 7) is 0.372. The quantitative estimate of drug-likeness (QED) is 0.199. The van der Waals surface area contributed by atoms with Crippen LogP contribution in [0.1, 0.15) is 16.7 Å². The van der Waals surface area contributed by atoms with Crippen LogP contribution < -0.4 is 4.74 Å². The van der Waals surface area contributed by atoms with Gasteiger partial charge < -0.3 is 14.8 Å². The first-order chi connectivity index (χ1) is 17.9. The Morgan fingerprint density at radius 1 is 1.14 bits per heavy atom. The van der Waals surface area contributed by atoms with Crippen LogP contribution in [0.4, 0.5) is 0 Å². The number of thioether (sulfide) groups is 1. The Balaban J connectivity index is 1.33. The van der Waals surface area contributed by atoms with Gasteiger partial charge in [-0.3, -0.25) is 9.69 Å². The van der Waals surface area contributed by atoms with Crippen molar-refractivity contribution < 1.29 is 19.4 Å². The Bertz CT molecular complexity index is 1530. The SMILES string of the molecule is O=C(O)C(Cc1c[nH]c2ccccc12)N1C(=O)/C(=C/c2cccc(OCc3ccc(Cl)cc3)c2)SC1=S. The summed E-state index contributed by atoms with van der Waals surface area (Å²) in [4.78, 5) is 30.3. The molecule has 0 aliphatic carbocycles. The number of para-hydroxylation sites is 1. The maximum atomic E-state index is 13.3. The zero-order chi connectivity index (χ0) is 25.9. The lowest BCUT2D eigenvalue weighted by molar-refractivity contribution is -0.145. The number of aromatic nitrogens is 1. The molecule has 1 aromatic heterocycles. The van der Waals surface area contributed by atoms with Gasteiger partial charge in [0.1, 0.15) is 22.7 Å². The van der Waals surface area contributed by atoms with Crippen LogP contribution in [-0.2, 0) is 22.6 Å². The second-order valence-corrected chi connectivity index (χ2v) is 10.6. The number of carbonyl (C=O) groups is 2. The third-order valence-corrected chi connectivity index (χ3v) is 7.57. The first-order valence-electron chi connectivity index (χ1n) is 11.4. The predicted octanol–water partition coefficient (Wildman–Crippen LogP) is 6.30. The van der Waals surface area contributed by atoms with Crippen LogP contribution in [0.5, 0.6) is 5.75 Å². The number of nitrogens with zero attached hydrogens (tertiary/aromatic N) is 1. The highest BCUT2D eigenvalue weighted by Gasteiger charge is 2.40. The van der Waals surface area contributed by atoms with Crippen molar-refractivity contribution in [2.24, 2.45) is 0 Å². The molecule has 1 fully saturated rings. The molecule has 2 N–H and O–H groups in total. The normalized spacial score (nSPS) is 15.5. The molecule has 0 bridgehead atoms. The van der Waals surface area contributed by atoms with E-state index in [1.165, 1.54) is 4.90 Å². The number of carbonyl (C=O) groups excluding carboxylic acids is 1. The summed E-state index contributed by atoms with van der Waals surface area (Å²) >= 11 is 12.5. The van der Waals surface area contributed by atoms with E-state index in [1.807, 2.05) is 72.8 Å². The molecule has 4 aromatic rings. The maximum Gasteiger partial charge on any atom is 0.327 e. The van der Waals surface area contributed by atoms with Crippen LogP contribution in [0, 0.1) is 0 Å². The Labute approximate surface area is 227 Å². The molecule has 2 heterocycles. The van der Waals surface area contributed by atoms with Crippen molar-refractivity contribution >= 4 is 68.8 Å². The number of carboxylic acids is 1.